The van der Waals surface area contributed by atoms with Crippen LogP contribution >= 0.6 is 15.9 Å². The van der Waals surface area contributed by atoms with Crippen molar-refractivity contribution in [2.24, 2.45) is 0 Å². The number of aryl methyl sites for hydroxylation is 1. The lowest BCUT2D eigenvalue weighted by Crippen LogP contribution is -2.33. The number of benzene rings is 1. The van der Waals surface area contributed by atoms with E-state index in [2.05, 4.69) is 31.3 Å². The average molecular weight is 491 g/mol. The fourth-order valence-electron chi connectivity index (χ4n) is 2.88. The summed E-state index contributed by atoms with van der Waals surface area (Å²) >= 11 is 3.52. The van der Waals surface area contributed by atoms with Gasteiger partial charge in [-0.05, 0) is 80.4 Å². The van der Waals surface area contributed by atoms with Crippen molar-refractivity contribution in [1.29, 1.82) is 0 Å². The lowest BCUT2D eigenvalue weighted by Gasteiger charge is -2.19. The molecule has 9 heteroatoms. The monoisotopic (exact) mass is 490 g/mol. The number of hydrogen-bond acceptors (Lipinski definition) is 6. The largest absolute Gasteiger partial charge is 0.493 e. The van der Waals surface area contributed by atoms with Crippen LogP contribution in [0.4, 0.5) is 4.79 Å². The first-order valence-electron chi connectivity index (χ1n) is 9.98. The third-order valence-electron chi connectivity index (χ3n) is 4.29. The molecule has 3 rings (SSSR count). The van der Waals surface area contributed by atoms with Gasteiger partial charge in [-0.1, -0.05) is 0 Å². The van der Waals surface area contributed by atoms with Crippen molar-refractivity contribution in [3.05, 3.63) is 40.6 Å². The Kier molecular flexibility index (Phi) is 7.04. The smallest absolute Gasteiger partial charge is 0.407 e. The molecule has 0 bridgehead atoms. The zero-order valence-electron chi connectivity index (χ0n) is 18.4. The molecule has 0 spiro atoms. The van der Waals surface area contributed by atoms with Crippen LogP contribution in [0.15, 0.2) is 34.9 Å². The van der Waals surface area contributed by atoms with Gasteiger partial charge in [-0.2, -0.15) is 5.10 Å². The molecule has 0 aliphatic rings. The van der Waals surface area contributed by atoms with Crippen molar-refractivity contribution in [1.82, 2.24) is 19.9 Å². The number of carbonyl (C=O) groups is 1. The molecule has 1 amide bonds. The highest BCUT2D eigenvalue weighted by atomic mass is 79.9. The summed E-state index contributed by atoms with van der Waals surface area (Å²) in [5, 5.41) is 7.37. The quantitative estimate of drug-likeness (QED) is 0.480. The van der Waals surface area contributed by atoms with Gasteiger partial charge in [-0.15, -0.1) is 0 Å². The maximum atomic E-state index is 11.7. The highest BCUT2D eigenvalue weighted by molar-refractivity contribution is 9.10. The molecule has 0 aliphatic heterocycles. The molecule has 8 nitrogen and oxygen atoms in total. The average Bonchev–Trinajstić information content (AvgIpc) is 2.99. The van der Waals surface area contributed by atoms with Gasteiger partial charge in [-0.3, -0.25) is 0 Å². The number of alkyl carbamates (subject to hydrolysis) is 1. The van der Waals surface area contributed by atoms with Gasteiger partial charge in [-0.25, -0.2) is 14.3 Å². The Bertz CT molecular complexity index is 1080. The minimum Gasteiger partial charge on any atom is -0.493 e. The summed E-state index contributed by atoms with van der Waals surface area (Å²) < 4.78 is 19.1. The van der Waals surface area contributed by atoms with E-state index in [0.717, 1.165) is 27.2 Å². The van der Waals surface area contributed by atoms with E-state index >= 15 is 0 Å². The molecule has 31 heavy (non-hydrogen) atoms. The Morgan fingerprint density at radius 1 is 1.19 bits per heavy atom. The third-order valence-corrected chi connectivity index (χ3v) is 5.20. The van der Waals surface area contributed by atoms with E-state index in [1.807, 2.05) is 58.0 Å². The number of methoxy groups -OCH3 is 1. The Labute approximate surface area is 190 Å². The highest BCUT2D eigenvalue weighted by Crippen LogP contribution is 2.32. The molecule has 0 radical (unpaired) electrons. The predicted molar refractivity (Wildman–Crippen MR) is 122 cm³/mol. The summed E-state index contributed by atoms with van der Waals surface area (Å²) in [4.78, 5) is 16.1. The lowest BCUT2D eigenvalue weighted by molar-refractivity contribution is 0.0525. The molecule has 1 aromatic carbocycles. The number of aromatic nitrogens is 3. The van der Waals surface area contributed by atoms with Crippen LogP contribution in [0.25, 0.3) is 16.9 Å². The molecule has 0 saturated carbocycles. The van der Waals surface area contributed by atoms with Crippen molar-refractivity contribution < 1.29 is 19.0 Å². The number of carbonyl (C=O) groups excluding carboxylic acids is 1. The summed E-state index contributed by atoms with van der Waals surface area (Å²) in [6, 6.07) is 9.53. The topological polar surface area (TPSA) is 87.0 Å². The van der Waals surface area contributed by atoms with Crippen LogP contribution < -0.4 is 14.8 Å². The summed E-state index contributed by atoms with van der Waals surface area (Å²) in [5.41, 5.74) is 2.84. The fourth-order valence-corrected chi connectivity index (χ4v) is 3.23. The second-order valence-corrected chi connectivity index (χ2v) is 8.72. The third kappa shape index (κ3) is 5.88. The summed E-state index contributed by atoms with van der Waals surface area (Å²) in [6.07, 6.45) is 0.203. The Morgan fingerprint density at radius 2 is 1.97 bits per heavy atom. The molecule has 0 aliphatic carbocycles. The normalized spacial score (nSPS) is 11.4. The number of ether oxygens (including phenoxy) is 3. The van der Waals surface area contributed by atoms with E-state index in [0.29, 0.717) is 31.1 Å². The number of rotatable bonds is 7. The minimum atomic E-state index is -0.512. The van der Waals surface area contributed by atoms with Crippen LogP contribution in [0.1, 0.15) is 32.9 Å². The van der Waals surface area contributed by atoms with E-state index in [4.69, 9.17) is 14.2 Å². The van der Waals surface area contributed by atoms with Gasteiger partial charge < -0.3 is 19.5 Å². The highest BCUT2D eigenvalue weighted by Gasteiger charge is 2.15. The Balaban J connectivity index is 1.61. The van der Waals surface area contributed by atoms with Crippen molar-refractivity contribution in [2.45, 2.75) is 39.7 Å². The Morgan fingerprint density at radius 3 is 2.68 bits per heavy atom. The number of nitrogens with one attached hydrogen (secondary N) is 1. The van der Waals surface area contributed by atoms with Crippen molar-refractivity contribution >= 4 is 27.7 Å². The number of amides is 1. The summed E-state index contributed by atoms with van der Waals surface area (Å²) in [5.74, 6) is 1.24. The number of hydrogen-bond donors (Lipinski definition) is 1. The van der Waals surface area contributed by atoms with Gasteiger partial charge >= 0.3 is 6.09 Å². The molecule has 2 aromatic heterocycles. The molecule has 0 atom stereocenters. The molecular formula is C22H27BrN4O4. The van der Waals surface area contributed by atoms with Gasteiger partial charge in [0.15, 0.2) is 17.1 Å². The SMILES string of the molecule is COc1cc(-c2ccc3nc(C)c(Br)n3n2)ccc1OCCCNC(=O)OC(C)(C)C. The standard InChI is InChI=1S/C22H27BrN4O4/c1-14-20(23)27-19(25-14)10-8-16(26-27)15-7-9-17(18(13-15)29-5)30-12-6-11-24-21(28)31-22(2,3)4/h7-10,13H,6,11-12H2,1-5H3,(H,24,28). The lowest BCUT2D eigenvalue weighted by atomic mass is 10.1. The first-order chi connectivity index (χ1) is 14.7. The van der Waals surface area contributed by atoms with Crippen LogP contribution in [0.3, 0.4) is 0 Å². The van der Waals surface area contributed by atoms with Crippen molar-refractivity contribution in [3.8, 4) is 22.8 Å². The molecule has 1 N–H and O–H groups in total. The molecule has 0 unspecified atom stereocenters. The first kappa shape index (κ1) is 22.9. The van der Waals surface area contributed by atoms with Crippen molar-refractivity contribution in [3.63, 3.8) is 0 Å². The molecule has 0 saturated heterocycles. The van der Waals surface area contributed by atoms with Gasteiger partial charge in [0.25, 0.3) is 0 Å². The van der Waals surface area contributed by atoms with Crippen LogP contribution in [-0.2, 0) is 4.74 Å². The van der Waals surface area contributed by atoms with Crippen molar-refractivity contribution in [2.75, 3.05) is 20.3 Å². The van der Waals surface area contributed by atoms with E-state index in [9.17, 15) is 4.79 Å². The molecule has 0 fully saturated rings. The summed E-state index contributed by atoms with van der Waals surface area (Å²) in [6.45, 7) is 8.30. The van der Waals surface area contributed by atoms with Crippen LogP contribution in [0.5, 0.6) is 11.5 Å². The predicted octanol–water partition coefficient (Wildman–Crippen LogP) is 4.77. The molecule has 2 heterocycles. The number of imidazole rings is 1. The van der Waals surface area contributed by atoms with E-state index in [1.54, 1.807) is 11.6 Å². The van der Waals surface area contributed by atoms with Gasteiger partial charge in [0.1, 0.15) is 10.2 Å². The van der Waals surface area contributed by atoms with Gasteiger partial charge in [0.2, 0.25) is 0 Å². The van der Waals surface area contributed by atoms with Crippen LogP contribution in [0.2, 0.25) is 0 Å². The molecule has 166 valence electrons. The maximum absolute atomic E-state index is 11.7. The van der Waals surface area contributed by atoms with E-state index in [-0.39, 0.29) is 0 Å². The van der Waals surface area contributed by atoms with E-state index in [1.165, 1.54) is 0 Å². The Hall–Kier alpha value is -2.81. The zero-order chi connectivity index (χ0) is 22.6. The molecule has 3 aromatic rings. The number of nitrogens with zero attached hydrogens (tertiary/aromatic N) is 3. The van der Waals surface area contributed by atoms with Gasteiger partial charge in [0.05, 0.1) is 25.1 Å². The number of fused-ring (bicyclic) bond motifs is 1. The first-order valence-corrected chi connectivity index (χ1v) is 10.8. The van der Waals surface area contributed by atoms with Crippen LogP contribution in [0, 0.1) is 6.92 Å². The zero-order valence-corrected chi connectivity index (χ0v) is 19.9. The second-order valence-electron chi connectivity index (χ2n) is 7.97. The molecular weight excluding hydrogens is 464 g/mol. The minimum absolute atomic E-state index is 0.428. The number of halogens is 1. The summed E-state index contributed by atoms with van der Waals surface area (Å²) in [7, 11) is 1.60. The van der Waals surface area contributed by atoms with Crippen LogP contribution in [-0.4, -0.2) is 46.6 Å². The van der Waals surface area contributed by atoms with E-state index < -0.39 is 11.7 Å². The van der Waals surface area contributed by atoms with Gasteiger partial charge in [0, 0.05) is 12.1 Å². The second kappa shape index (κ2) is 9.55. The maximum Gasteiger partial charge on any atom is 0.407 e. The fraction of sp³-hybridized carbons (Fsp3) is 0.409.